The molecule has 2 rings (SSSR count). The van der Waals surface area contributed by atoms with Crippen molar-refractivity contribution in [1.29, 1.82) is 0 Å². The third-order valence-electron chi connectivity index (χ3n) is 1.81. The normalized spacial score (nSPS) is 10.5. The molecular formula is C9H9N3OS2. The molecule has 0 aliphatic heterocycles. The van der Waals surface area contributed by atoms with Crippen molar-refractivity contribution in [3.8, 4) is 0 Å². The van der Waals surface area contributed by atoms with Crippen molar-refractivity contribution < 1.29 is 4.79 Å². The minimum Gasteiger partial charge on any atom is -0.325 e. The number of hydrogen-bond donors (Lipinski definition) is 1. The van der Waals surface area contributed by atoms with E-state index in [9.17, 15) is 4.79 Å². The molecule has 0 radical (unpaired) electrons. The van der Waals surface area contributed by atoms with E-state index in [4.69, 9.17) is 5.73 Å². The molecule has 2 N–H and O–H groups in total. The summed E-state index contributed by atoms with van der Waals surface area (Å²) in [6.07, 6.45) is 2.02. The number of carbonyl (C=O) groups excluding carboxylic acids is 1. The Hall–Kier alpha value is -1.11. The van der Waals surface area contributed by atoms with Crippen LogP contribution in [0.5, 0.6) is 0 Å². The van der Waals surface area contributed by atoms with E-state index in [0.29, 0.717) is 18.7 Å². The number of nitrogens with zero attached hydrogens (tertiary/aromatic N) is 2. The van der Waals surface area contributed by atoms with E-state index in [1.54, 1.807) is 11.6 Å². The lowest BCUT2D eigenvalue weighted by atomic mass is 10.2. The van der Waals surface area contributed by atoms with Gasteiger partial charge in [-0.1, -0.05) is 0 Å². The topological polar surface area (TPSA) is 68.9 Å². The second-order valence-corrected chi connectivity index (χ2v) is 4.78. The van der Waals surface area contributed by atoms with E-state index in [-0.39, 0.29) is 5.78 Å². The van der Waals surface area contributed by atoms with Gasteiger partial charge in [-0.05, 0) is 0 Å². The monoisotopic (exact) mass is 239 g/mol. The highest BCUT2D eigenvalue weighted by molar-refractivity contribution is 7.10. The van der Waals surface area contributed by atoms with Gasteiger partial charge in [0.15, 0.2) is 5.78 Å². The zero-order valence-electron chi connectivity index (χ0n) is 7.84. The second kappa shape index (κ2) is 4.61. The predicted molar refractivity (Wildman–Crippen MR) is 60.2 cm³/mol. The molecule has 4 nitrogen and oxygen atoms in total. The summed E-state index contributed by atoms with van der Waals surface area (Å²) in [7, 11) is 0. The average molecular weight is 239 g/mol. The third kappa shape index (κ3) is 2.47. The lowest BCUT2D eigenvalue weighted by molar-refractivity contribution is 0.0988. The summed E-state index contributed by atoms with van der Waals surface area (Å²) in [5.41, 5.74) is 5.92. The van der Waals surface area contributed by atoms with Crippen molar-refractivity contribution in [2.75, 3.05) is 0 Å². The average Bonchev–Trinajstić information content (AvgIpc) is 2.86. The number of carbonyl (C=O) groups is 1. The van der Waals surface area contributed by atoms with Gasteiger partial charge in [0.1, 0.15) is 15.7 Å². The minimum absolute atomic E-state index is 0.000833. The molecule has 0 atom stereocenters. The Morgan fingerprint density at radius 1 is 1.40 bits per heavy atom. The Kier molecular flexibility index (Phi) is 3.20. The van der Waals surface area contributed by atoms with Crippen molar-refractivity contribution >= 4 is 28.5 Å². The third-order valence-corrected chi connectivity index (χ3v) is 3.46. The predicted octanol–water partition coefficient (Wildman–Crippen LogP) is 1.48. The molecule has 0 saturated heterocycles. The Morgan fingerprint density at radius 2 is 2.27 bits per heavy atom. The molecule has 0 bridgehead atoms. The molecule has 2 heterocycles. The molecular weight excluding hydrogens is 230 g/mol. The first-order chi connectivity index (χ1) is 7.29. The fourth-order valence-electron chi connectivity index (χ4n) is 1.10. The van der Waals surface area contributed by atoms with Gasteiger partial charge >= 0.3 is 0 Å². The van der Waals surface area contributed by atoms with Gasteiger partial charge in [-0.2, -0.15) is 0 Å². The van der Waals surface area contributed by atoms with Crippen LogP contribution in [0.25, 0.3) is 0 Å². The smallest absolute Gasteiger partial charge is 0.188 e. The van der Waals surface area contributed by atoms with Crippen molar-refractivity contribution in [3.63, 3.8) is 0 Å². The first-order valence-electron chi connectivity index (χ1n) is 4.35. The second-order valence-electron chi connectivity index (χ2n) is 2.86. The van der Waals surface area contributed by atoms with Gasteiger partial charge in [-0.25, -0.2) is 9.97 Å². The largest absolute Gasteiger partial charge is 0.325 e. The van der Waals surface area contributed by atoms with Crippen LogP contribution in [0, 0.1) is 0 Å². The summed E-state index contributed by atoms with van der Waals surface area (Å²) in [4.78, 5) is 19.9. The number of thiazole rings is 2. The van der Waals surface area contributed by atoms with Crippen molar-refractivity contribution in [1.82, 2.24) is 9.97 Å². The Bertz CT molecular complexity index is 450. The molecule has 0 amide bonds. The quantitative estimate of drug-likeness (QED) is 0.821. The first-order valence-corrected chi connectivity index (χ1v) is 6.11. The Morgan fingerprint density at radius 3 is 2.87 bits per heavy atom. The van der Waals surface area contributed by atoms with Gasteiger partial charge in [-0.15, -0.1) is 22.7 Å². The maximum atomic E-state index is 11.7. The van der Waals surface area contributed by atoms with Gasteiger partial charge in [-0.3, -0.25) is 4.79 Å². The lowest BCUT2D eigenvalue weighted by Crippen LogP contribution is -2.04. The maximum Gasteiger partial charge on any atom is 0.188 e. The fraction of sp³-hybridized carbons (Fsp3) is 0.222. The lowest BCUT2D eigenvalue weighted by Gasteiger charge is -1.92. The van der Waals surface area contributed by atoms with E-state index >= 15 is 0 Å². The van der Waals surface area contributed by atoms with Crippen LogP contribution in [0.4, 0.5) is 0 Å². The standard InChI is InChI=1S/C9H9N3OS2/c10-4-9-12-6(5-15-9)7(13)3-8-11-1-2-14-8/h1-2,5H,3-4,10H2. The van der Waals surface area contributed by atoms with E-state index < -0.39 is 0 Å². The molecule has 0 fully saturated rings. The number of aromatic nitrogens is 2. The van der Waals surface area contributed by atoms with Gasteiger partial charge in [0.2, 0.25) is 0 Å². The van der Waals surface area contributed by atoms with Crippen LogP contribution in [-0.2, 0) is 13.0 Å². The number of hydrogen-bond acceptors (Lipinski definition) is 6. The molecule has 0 aliphatic rings. The van der Waals surface area contributed by atoms with E-state index in [0.717, 1.165) is 10.0 Å². The Balaban J connectivity index is 2.08. The SMILES string of the molecule is NCc1nc(C(=O)Cc2nccs2)cs1. The van der Waals surface area contributed by atoms with E-state index in [1.807, 2.05) is 5.38 Å². The molecule has 15 heavy (non-hydrogen) atoms. The molecule has 0 saturated carbocycles. The summed E-state index contributed by atoms with van der Waals surface area (Å²) < 4.78 is 0. The number of Topliss-reactive ketones (excluding diaryl/α,β-unsaturated/α-hetero) is 1. The van der Waals surface area contributed by atoms with Gasteiger partial charge in [0.05, 0.1) is 6.42 Å². The highest BCUT2D eigenvalue weighted by Gasteiger charge is 2.12. The zero-order valence-corrected chi connectivity index (χ0v) is 9.48. The van der Waals surface area contributed by atoms with Crippen LogP contribution < -0.4 is 5.73 Å². The van der Waals surface area contributed by atoms with E-state index in [2.05, 4.69) is 9.97 Å². The molecule has 2 aromatic rings. The van der Waals surface area contributed by atoms with Gasteiger partial charge in [0, 0.05) is 23.5 Å². The highest BCUT2D eigenvalue weighted by Crippen LogP contribution is 2.13. The molecule has 0 aromatic carbocycles. The maximum absolute atomic E-state index is 11.7. The van der Waals surface area contributed by atoms with Crippen molar-refractivity contribution in [2.45, 2.75) is 13.0 Å². The zero-order chi connectivity index (χ0) is 10.7. The number of rotatable bonds is 4. The van der Waals surface area contributed by atoms with Gasteiger partial charge < -0.3 is 5.73 Å². The summed E-state index contributed by atoms with van der Waals surface area (Å²) in [6.45, 7) is 0.384. The van der Waals surface area contributed by atoms with Crippen LogP contribution >= 0.6 is 22.7 Å². The van der Waals surface area contributed by atoms with Crippen molar-refractivity contribution in [3.05, 3.63) is 32.7 Å². The van der Waals surface area contributed by atoms with Crippen LogP contribution in [0.3, 0.4) is 0 Å². The highest BCUT2D eigenvalue weighted by atomic mass is 32.1. The van der Waals surface area contributed by atoms with Crippen LogP contribution in [0.2, 0.25) is 0 Å². The number of ketones is 1. The van der Waals surface area contributed by atoms with Gasteiger partial charge in [0.25, 0.3) is 0 Å². The van der Waals surface area contributed by atoms with Crippen LogP contribution in [0.1, 0.15) is 20.5 Å². The van der Waals surface area contributed by atoms with E-state index in [1.165, 1.54) is 22.7 Å². The summed E-state index contributed by atoms with van der Waals surface area (Å²) in [6, 6.07) is 0. The molecule has 78 valence electrons. The first kappa shape index (κ1) is 10.4. The molecule has 0 aliphatic carbocycles. The summed E-state index contributed by atoms with van der Waals surface area (Å²) >= 11 is 2.89. The summed E-state index contributed by atoms with van der Waals surface area (Å²) in [5, 5.41) is 5.22. The fourth-order valence-corrected chi connectivity index (χ4v) is 2.39. The number of nitrogens with two attached hydrogens (primary N) is 1. The molecule has 2 aromatic heterocycles. The minimum atomic E-state index is 0.000833. The van der Waals surface area contributed by atoms with Crippen molar-refractivity contribution in [2.24, 2.45) is 5.73 Å². The summed E-state index contributed by atoms with van der Waals surface area (Å²) in [5.74, 6) is 0.000833. The molecule has 6 heteroatoms. The molecule has 0 spiro atoms. The Labute approximate surface area is 94.8 Å². The molecule has 0 unspecified atom stereocenters. The van der Waals surface area contributed by atoms with Crippen LogP contribution in [-0.4, -0.2) is 15.8 Å². The van der Waals surface area contributed by atoms with Crippen LogP contribution in [0.15, 0.2) is 17.0 Å².